The van der Waals surface area contributed by atoms with Crippen LogP contribution in [0.15, 0.2) is 30.7 Å². The van der Waals surface area contributed by atoms with E-state index in [1.54, 1.807) is 6.20 Å². The Kier molecular flexibility index (Phi) is 6.18. The zero-order valence-electron chi connectivity index (χ0n) is 23.4. The van der Waals surface area contributed by atoms with Crippen molar-refractivity contribution in [1.82, 2.24) is 29.4 Å². The molecule has 8 rings (SSSR count). The first-order valence-electron chi connectivity index (χ1n) is 14.4. The first-order valence-corrected chi connectivity index (χ1v) is 15.2. The lowest BCUT2D eigenvalue weighted by Crippen LogP contribution is -2.43. The number of thiophene rings is 1. The lowest BCUT2D eigenvalue weighted by atomic mass is 9.95. The van der Waals surface area contributed by atoms with Gasteiger partial charge in [0.05, 0.1) is 27.7 Å². The standard InChI is InChI=1S/C30H26F3N9OS/c31-16-10-30(4-1-6-42(30)13-16)15-43-29-38-25-19(28(39-29)41-9-8-40-7-5-36-21(40)14-41)12-37-24(23(25)33)17-2-3-20(32)26-22(17)18(11-34)27(35)44-26/h2-3,5,7,12,16H,1,4,6,8-10,13-15,35H2/t16-,30+/m0/s1. The fourth-order valence-corrected chi connectivity index (χ4v) is 7.96. The molecule has 3 aliphatic rings. The van der Waals surface area contributed by atoms with Gasteiger partial charge in [-0.05, 0) is 31.5 Å². The minimum absolute atomic E-state index is 0.0252. The minimum atomic E-state index is -0.924. The van der Waals surface area contributed by atoms with E-state index in [1.807, 2.05) is 17.2 Å². The molecule has 224 valence electrons. The van der Waals surface area contributed by atoms with Crippen molar-refractivity contribution in [2.45, 2.75) is 44.1 Å². The quantitative estimate of drug-likeness (QED) is 0.296. The molecular weight excluding hydrogens is 591 g/mol. The van der Waals surface area contributed by atoms with Gasteiger partial charge in [0.2, 0.25) is 0 Å². The monoisotopic (exact) mass is 617 g/mol. The fraction of sp³-hybridized carbons (Fsp3) is 0.367. The van der Waals surface area contributed by atoms with Crippen LogP contribution >= 0.6 is 11.3 Å². The zero-order chi connectivity index (χ0) is 30.2. The van der Waals surface area contributed by atoms with Gasteiger partial charge in [-0.25, -0.2) is 18.2 Å². The Balaban J connectivity index is 1.27. The number of alkyl halides is 1. The molecule has 2 N–H and O–H groups in total. The predicted molar refractivity (Wildman–Crippen MR) is 159 cm³/mol. The summed E-state index contributed by atoms with van der Waals surface area (Å²) in [5.74, 6) is -0.0469. The fourth-order valence-electron chi connectivity index (χ4n) is 7.01. The topological polar surface area (TPSA) is 122 Å². The number of nitriles is 1. The summed E-state index contributed by atoms with van der Waals surface area (Å²) >= 11 is 0.932. The summed E-state index contributed by atoms with van der Waals surface area (Å²) in [6.07, 6.45) is 6.34. The van der Waals surface area contributed by atoms with Crippen molar-refractivity contribution in [2.75, 3.05) is 36.9 Å². The maximum absolute atomic E-state index is 16.6. The highest BCUT2D eigenvalue weighted by Crippen LogP contribution is 2.43. The van der Waals surface area contributed by atoms with E-state index in [-0.39, 0.29) is 50.0 Å². The second-order valence-electron chi connectivity index (χ2n) is 11.6. The highest BCUT2D eigenvalue weighted by Gasteiger charge is 2.49. The average molecular weight is 618 g/mol. The minimum Gasteiger partial charge on any atom is -0.461 e. The van der Waals surface area contributed by atoms with Gasteiger partial charge in [-0.2, -0.15) is 15.2 Å². The second kappa shape index (κ2) is 10.0. The van der Waals surface area contributed by atoms with E-state index in [1.165, 1.54) is 18.3 Å². The summed E-state index contributed by atoms with van der Waals surface area (Å²) in [7, 11) is 0. The van der Waals surface area contributed by atoms with E-state index < -0.39 is 23.3 Å². The third-order valence-corrected chi connectivity index (χ3v) is 10.1. The summed E-state index contributed by atoms with van der Waals surface area (Å²) in [4.78, 5) is 22.3. The van der Waals surface area contributed by atoms with Gasteiger partial charge >= 0.3 is 6.01 Å². The molecule has 0 spiro atoms. The van der Waals surface area contributed by atoms with Crippen LogP contribution in [-0.4, -0.2) is 67.4 Å². The van der Waals surface area contributed by atoms with Crippen molar-refractivity contribution in [3.63, 3.8) is 0 Å². The number of pyridine rings is 1. The third-order valence-electron chi connectivity index (χ3n) is 9.10. The van der Waals surface area contributed by atoms with Gasteiger partial charge in [0.25, 0.3) is 0 Å². The van der Waals surface area contributed by atoms with Crippen molar-refractivity contribution in [3.8, 4) is 23.3 Å². The summed E-state index contributed by atoms with van der Waals surface area (Å²) in [5.41, 5.74) is 5.75. The second-order valence-corrected chi connectivity index (χ2v) is 12.6. The molecule has 1 aromatic carbocycles. The number of nitrogen functional groups attached to an aromatic ring is 1. The van der Waals surface area contributed by atoms with Gasteiger partial charge in [0.15, 0.2) is 5.82 Å². The molecule has 7 heterocycles. The molecule has 10 nitrogen and oxygen atoms in total. The largest absolute Gasteiger partial charge is 0.461 e. The molecule has 5 aromatic rings. The highest BCUT2D eigenvalue weighted by atomic mass is 32.1. The predicted octanol–water partition coefficient (Wildman–Crippen LogP) is 4.81. The molecule has 0 saturated carbocycles. The number of anilines is 2. The van der Waals surface area contributed by atoms with Gasteiger partial charge in [-0.1, -0.05) is 0 Å². The molecule has 44 heavy (non-hydrogen) atoms. The van der Waals surface area contributed by atoms with Gasteiger partial charge in [-0.15, -0.1) is 11.3 Å². The normalized spacial score (nSPS) is 21.6. The number of nitrogens with two attached hydrogens (primary N) is 1. The molecule has 0 radical (unpaired) electrons. The summed E-state index contributed by atoms with van der Waals surface area (Å²) in [6.45, 7) is 3.04. The number of benzene rings is 1. The van der Waals surface area contributed by atoms with Gasteiger partial charge < -0.3 is 19.9 Å². The number of aromatic nitrogens is 5. The first kappa shape index (κ1) is 27.1. The molecule has 0 amide bonds. The van der Waals surface area contributed by atoms with Crippen LogP contribution in [0.2, 0.25) is 0 Å². The summed E-state index contributed by atoms with van der Waals surface area (Å²) < 4.78 is 54.2. The van der Waals surface area contributed by atoms with Gasteiger partial charge in [0, 0.05) is 55.6 Å². The van der Waals surface area contributed by atoms with Crippen LogP contribution in [0, 0.1) is 23.0 Å². The maximum Gasteiger partial charge on any atom is 0.319 e. The molecule has 2 saturated heterocycles. The van der Waals surface area contributed by atoms with Crippen LogP contribution in [0.3, 0.4) is 0 Å². The number of halogens is 3. The number of imidazole rings is 1. The number of hydrogen-bond donors (Lipinski definition) is 1. The Morgan fingerprint density at radius 3 is 2.93 bits per heavy atom. The molecular formula is C30H26F3N9OS. The summed E-state index contributed by atoms with van der Waals surface area (Å²) in [5, 5.41) is 10.5. The smallest absolute Gasteiger partial charge is 0.319 e. The van der Waals surface area contributed by atoms with E-state index in [2.05, 4.69) is 24.4 Å². The van der Waals surface area contributed by atoms with Crippen LogP contribution in [0.1, 0.15) is 30.7 Å². The Labute approximate surface area is 253 Å². The van der Waals surface area contributed by atoms with E-state index >= 15 is 4.39 Å². The lowest BCUT2D eigenvalue weighted by Gasteiger charge is -2.31. The number of fused-ring (bicyclic) bond motifs is 4. The van der Waals surface area contributed by atoms with Crippen LogP contribution in [0.5, 0.6) is 6.01 Å². The molecule has 3 aliphatic heterocycles. The van der Waals surface area contributed by atoms with Crippen molar-refractivity contribution in [2.24, 2.45) is 0 Å². The Morgan fingerprint density at radius 2 is 2.07 bits per heavy atom. The number of ether oxygens (including phenoxy) is 1. The zero-order valence-corrected chi connectivity index (χ0v) is 24.3. The van der Waals surface area contributed by atoms with Gasteiger partial charge in [-0.3, -0.25) is 9.88 Å². The van der Waals surface area contributed by atoms with Crippen molar-refractivity contribution >= 4 is 43.1 Å². The molecule has 0 aliphatic carbocycles. The molecule has 14 heteroatoms. The average Bonchev–Trinajstić information content (AvgIpc) is 3.78. The molecule has 2 atom stereocenters. The van der Waals surface area contributed by atoms with E-state index in [9.17, 15) is 14.0 Å². The Morgan fingerprint density at radius 1 is 1.18 bits per heavy atom. The number of hydrogen-bond acceptors (Lipinski definition) is 10. The van der Waals surface area contributed by atoms with Crippen molar-refractivity contribution in [3.05, 3.63) is 53.7 Å². The lowest BCUT2D eigenvalue weighted by molar-refractivity contribution is 0.107. The third kappa shape index (κ3) is 4.10. The van der Waals surface area contributed by atoms with Crippen LogP contribution < -0.4 is 15.4 Å². The van der Waals surface area contributed by atoms with Crippen molar-refractivity contribution < 1.29 is 17.9 Å². The summed E-state index contributed by atoms with van der Waals surface area (Å²) in [6, 6.07) is 4.60. The SMILES string of the molecule is N#Cc1c(N)sc2c(F)ccc(-c3ncc4c(N5CCn6ccnc6C5)nc(OC[C@]56CCCN5C[C@@H](F)C6)nc4c3F)c12. The first-order chi connectivity index (χ1) is 21.3. The molecule has 4 aromatic heterocycles. The molecule has 0 unspecified atom stereocenters. The Bertz CT molecular complexity index is 2010. The van der Waals surface area contributed by atoms with Crippen LogP contribution in [0.25, 0.3) is 32.2 Å². The maximum atomic E-state index is 16.6. The molecule has 0 bridgehead atoms. The van der Waals surface area contributed by atoms with Gasteiger partial charge in [0.1, 0.15) is 52.5 Å². The number of nitrogens with zero attached hydrogens (tertiary/aromatic N) is 8. The van der Waals surface area contributed by atoms with Crippen LogP contribution in [0.4, 0.5) is 24.0 Å². The van der Waals surface area contributed by atoms with E-state index in [0.29, 0.717) is 43.8 Å². The van der Waals surface area contributed by atoms with Crippen LogP contribution in [-0.2, 0) is 13.1 Å². The van der Waals surface area contributed by atoms with Crippen molar-refractivity contribution in [1.29, 1.82) is 5.26 Å². The van der Waals surface area contributed by atoms with E-state index in [4.69, 9.17) is 15.5 Å². The van der Waals surface area contributed by atoms with E-state index in [0.717, 1.165) is 36.5 Å². The Hall–Kier alpha value is -4.48. The number of rotatable bonds is 5. The highest BCUT2D eigenvalue weighted by molar-refractivity contribution is 7.23. The molecule has 2 fully saturated rings.